The summed E-state index contributed by atoms with van der Waals surface area (Å²) in [7, 11) is -10.9. The number of anilines is 2. The smallest absolute Gasteiger partial charge is 0 e. The summed E-state index contributed by atoms with van der Waals surface area (Å²) in [5, 5.41) is 1.52. The van der Waals surface area contributed by atoms with Crippen molar-refractivity contribution < 1.29 is 45.3 Å². The average molecular weight is 890 g/mol. The van der Waals surface area contributed by atoms with Crippen molar-refractivity contribution in [2.75, 3.05) is 23.1 Å². The van der Waals surface area contributed by atoms with E-state index in [1.54, 1.807) is 0 Å². The van der Waals surface area contributed by atoms with E-state index in [0.717, 1.165) is 0 Å². The zero-order valence-electron chi connectivity index (χ0n) is 29.0. The fourth-order valence-electron chi connectivity index (χ4n) is 5.41. The third-order valence-electron chi connectivity index (χ3n) is 7.11. The molecule has 1 aliphatic heterocycles. The molecule has 0 spiro atoms. The van der Waals surface area contributed by atoms with Gasteiger partial charge in [-0.15, -0.1) is 6.67 Å². The zero-order valence-corrected chi connectivity index (χ0v) is 33.3. The SMILES string of the molecule is C1=C\CC/C=C\CC/1.C[PH+](C)c1ccccc1.Cc1cc(C)c(N2C=CN(c3c(C)cc(C)cc3C)[CH-]2)c(C)c1.F[P-](F)(F)(F)(F)F.[Ir]. The van der Waals surface area contributed by atoms with Crippen LogP contribution in [-0.4, -0.2) is 13.3 Å². The van der Waals surface area contributed by atoms with Crippen LogP contribution >= 0.6 is 15.7 Å². The van der Waals surface area contributed by atoms with Crippen molar-refractivity contribution in [2.24, 2.45) is 0 Å². The van der Waals surface area contributed by atoms with Crippen molar-refractivity contribution in [2.45, 2.75) is 67.2 Å². The molecule has 48 heavy (non-hydrogen) atoms. The van der Waals surface area contributed by atoms with E-state index in [4.69, 9.17) is 0 Å². The molecule has 2 nitrogen and oxygen atoms in total. The molecule has 1 aliphatic carbocycles. The molecule has 0 unspecified atom stereocenters. The Kier molecular flexibility index (Phi) is 16.3. The first-order valence-electron chi connectivity index (χ1n) is 15.6. The number of allylic oxidation sites excluding steroid dienone is 4. The zero-order chi connectivity index (χ0) is 35.5. The van der Waals surface area contributed by atoms with Crippen LogP contribution in [0.3, 0.4) is 0 Å². The second-order valence-corrected chi connectivity index (χ2v) is 16.6. The Labute approximate surface area is 298 Å². The van der Waals surface area contributed by atoms with Crippen molar-refractivity contribution >= 4 is 32.4 Å². The molecule has 0 amide bonds. The Balaban J connectivity index is 0.000000379. The number of hydrogen-bond donors (Lipinski definition) is 0. The number of aryl methyl sites for hydroxylation is 6. The fourth-order valence-corrected chi connectivity index (χ4v) is 6.27. The van der Waals surface area contributed by atoms with E-state index >= 15 is 0 Å². The second-order valence-electron chi connectivity index (χ2n) is 12.1. The minimum absolute atomic E-state index is 0. The number of hydrogen-bond acceptors (Lipinski definition) is 2. The molecule has 1 radical (unpaired) electrons. The van der Waals surface area contributed by atoms with Gasteiger partial charge >= 0.3 is 33.0 Å². The van der Waals surface area contributed by atoms with Crippen LogP contribution < -0.4 is 15.1 Å². The monoisotopic (exact) mass is 890 g/mol. The van der Waals surface area contributed by atoms with Crippen molar-refractivity contribution in [1.29, 1.82) is 0 Å². The normalized spacial score (nSPS) is 16.6. The third-order valence-corrected chi connectivity index (χ3v) is 8.60. The molecule has 269 valence electrons. The summed E-state index contributed by atoms with van der Waals surface area (Å²) in [6.07, 6.45) is 18.3. The van der Waals surface area contributed by atoms with Gasteiger partial charge in [0.25, 0.3) is 0 Å². The van der Waals surface area contributed by atoms with Crippen LogP contribution in [0, 0.1) is 48.2 Å². The summed E-state index contributed by atoms with van der Waals surface area (Å²) >= 11 is 0. The van der Waals surface area contributed by atoms with Crippen LogP contribution in [0.4, 0.5) is 36.6 Å². The molecule has 0 bridgehead atoms. The number of nitrogens with zero attached hydrogens (tertiary/aromatic N) is 2. The largest absolute Gasteiger partial charge is 0 e. The van der Waals surface area contributed by atoms with Crippen LogP contribution in [0.1, 0.15) is 59.1 Å². The van der Waals surface area contributed by atoms with E-state index < -0.39 is 7.81 Å². The molecular formula is C37H49F6IrN2P2-. The van der Waals surface area contributed by atoms with Gasteiger partial charge in [0.15, 0.2) is 0 Å². The molecule has 11 heteroatoms. The first-order chi connectivity index (χ1) is 21.6. The molecule has 3 aromatic rings. The predicted molar refractivity (Wildman–Crippen MR) is 196 cm³/mol. The van der Waals surface area contributed by atoms with E-state index in [1.807, 2.05) is 0 Å². The topological polar surface area (TPSA) is 6.48 Å². The molecule has 3 aromatic carbocycles. The van der Waals surface area contributed by atoms with Gasteiger partial charge in [0.1, 0.15) is 0 Å². The van der Waals surface area contributed by atoms with Crippen molar-refractivity contribution in [3.63, 3.8) is 0 Å². The van der Waals surface area contributed by atoms with Gasteiger partial charge in [-0.1, -0.05) is 77.9 Å². The Hall–Kier alpha value is -2.43. The number of halogens is 6. The molecule has 2 aliphatic rings. The summed E-state index contributed by atoms with van der Waals surface area (Å²) in [5.74, 6) is 0. The fraction of sp³-hybridized carbons (Fsp3) is 0.324. The minimum Gasteiger partial charge on any atom is 0 e. The molecule has 0 N–H and O–H groups in total. The first-order valence-corrected chi connectivity index (χ1v) is 20.1. The Morgan fingerprint density at radius 3 is 1.10 bits per heavy atom. The van der Waals surface area contributed by atoms with Crippen molar-refractivity contribution in [3.8, 4) is 0 Å². The summed E-state index contributed by atoms with van der Waals surface area (Å²) in [6.45, 7) is 19.8. The van der Waals surface area contributed by atoms with E-state index in [2.05, 4.69) is 163 Å². The summed E-state index contributed by atoms with van der Waals surface area (Å²) in [6, 6.07) is 19.7. The van der Waals surface area contributed by atoms with Gasteiger partial charge in [0, 0.05) is 39.4 Å². The van der Waals surface area contributed by atoms with Crippen molar-refractivity contribution in [3.05, 3.63) is 131 Å². The molecule has 0 aromatic heterocycles. The third kappa shape index (κ3) is 17.8. The predicted octanol–water partition coefficient (Wildman–Crippen LogP) is 13.3. The molecule has 1 heterocycles. The number of rotatable bonds is 3. The maximum absolute atomic E-state index is 10.7. The van der Waals surface area contributed by atoms with E-state index in [1.165, 1.54) is 75.7 Å². The van der Waals surface area contributed by atoms with Gasteiger partial charge in [0.05, 0.1) is 18.6 Å². The van der Waals surface area contributed by atoms with E-state index in [9.17, 15) is 25.2 Å². The molecule has 0 saturated heterocycles. The maximum Gasteiger partial charge on any atom is 0 e. The van der Waals surface area contributed by atoms with Crippen LogP contribution in [0.25, 0.3) is 0 Å². The number of benzene rings is 3. The molecule has 0 saturated carbocycles. The van der Waals surface area contributed by atoms with Crippen molar-refractivity contribution in [1.82, 2.24) is 0 Å². The van der Waals surface area contributed by atoms with Gasteiger partial charge < -0.3 is 9.80 Å². The maximum atomic E-state index is 9.87. The van der Waals surface area contributed by atoms with Gasteiger partial charge in [0.2, 0.25) is 0 Å². The molecule has 5 rings (SSSR count). The van der Waals surface area contributed by atoms with Gasteiger partial charge in [-0.3, -0.25) is 0 Å². The summed E-state index contributed by atoms with van der Waals surface area (Å²) < 4.78 is 59.2. The Morgan fingerprint density at radius 1 is 0.562 bits per heavy atom. The molecule has 0 atom stereocenters. The second kappa shape index (κ2) is 18.0. The van der Waals surface area contributed by atoms with Crippen LogP contribution in [0.15, 0.2) is 91.3 Å². The van der Waals surface area contributed by atoms with E-state index in [0.29, 0.717) is 0 Å². The molecule has 0 fully saturated rings. The summed E-state index contributed by atoms with van der Waals surface area (Å²) in [4.78, 5) is 4.45. The first kappa shape index (κ1) is 43.6. The molecular weight excluding hydrogens is 841 g/mol. The Morgan fingerprint density at radius 2 is 0.854 bits per heavy atom. The van der Waals surface area contributed by atoms with Gasteiger partial charge in [-0.05, 0) is 114 Å². The van der Waals surface area contributed by atoms with Crippen LogP contribution in [0.5, 0.6) is 0 Å². The van der Waals surface area contributed by atoms with Crippen LogP contribution in [0.2, 0.25) is 0 Å². The average Bonchev–Trinajstić information content (AvgIpc) is 3.35. The van der Waals surface area contributed by atoms with Crippen LogP contribution in [-0.2, 0) is 20.1 Å². The van der Waals surface area contributed by atoms with E-state index in [-0.39, 0.29) is 28.0 Å². The van der Waals surface area contributed by atoms with Gasteiger partial charge in [-0.25, -0.2) is 0 Å². The quantitative estimate of drug-likeness (QED) is 0.112. The Bertz CT molecular complexity index is 1410. The van der Waals surface area contributed by atoms with Gasteiger partial charge in [-0.2, -0.15) is 0 Å². The standard InChI is InChI=1S/C21H25N2.C8H11P.C8H12.F6P.Ir/c1-14-9-16(3)20(17(4)10-14)22-7-8-23(13-22)21-18(5)11-15(2)12-19(21)6;1-9(2)8-6-4-3-5-7-8;1-2-4-6-8-7-5-3-1;1-7(2,3,4,5)6;/h7-13H,1-6H3;3-7H,1-2H3;1-2,7-8H,3-6H2;;/q-1;;;-1;/p+1/b;;2-1-,8-7-;;. The minimum atomic E-state index is -10.7. The summed E-state index contributed by atoms with van der Waals surface area (Å²) in [5.41, 5.74) is 10.4.